The highest BCUT2D eigenvalue weighted by Crippen LogP contribution is 2.77. The maximum atomic E-state index is 14.6. The predicted octanol–water partition coefficient (Wildman–Crippen LogP) is 9.32. The van der Waals surface area contributed by atoms with Crippen molar-refractivity contribution >= 4 is 41.3 Å². The highest BCUT2D eigenvalue weighted by atomic mass is 35.5. The second-order valence-electron chi connectivity index (χ2n) is 22.9. The second kappa shape index (κ2) is 16.3. The number of carboxylic acids is 2. The van der Waals surface area contributed by atoms with E-state index in [2.05, 4.69) is 53.8 Å². The van der Waals surface area contributed by atoms with Crippen LogP contribution in [0.25, 0.3) is 0 Å². The van der Waals surface area contributed by atoms with Crippen LogP contribution < -0.4 is 11.1 Å². The van der Waals surface area contributed by atoms with Crippen LogP contribution in [0.5, 0.6) is 0 Å². The van der Waals surface area contributed by atoms with Gasteiger partial charge in [0.05, 0.1) is 23.7 Å². The highest BCUT2D eigenvalue weighted by Gasteiger charge is 2.75. The number of carbonyl (C=O) groups is 5. The van der Waals surface area contributed by atoms with Gasteiger partial charge in [-0.2, -0.15) is 0 Å². The summed E-state index contributed by atoms with van der Waals surface area (Å²) in [6.07, 6.45) is 4.63. The van der Waals surface area contributed by atoms with Crippen molar-refractivity contribution in [2.45, 2.75) is 171 Å². The number of carboxylic acid groups (broad SMARTS) is 2. The smallest absolute Gasteiger partial charge is 0.309 e. The molecule has 4 fully saturated rings. The zero-order valence-electron chi connectivity index (χ0n) is 39.1. The molecule has 0 bridgehead atoms. The van der Waals surface area contributed by atoms with Crippen LogP contribution in [0.1, 0.15) is 152 Å². The lowest BCUT2D eigenvalue weighted by Gasteiger charge is -2.76. The van der Waals surface area contributed by atoms with Crippen molar-refractivity contribution in [3.63, 3.8) is 0 Å². The SMILES string of the molecule is CC(C)C1=C2[C@H]3CC[C@@]4(N)[C@@](C)(CCC5C(C)(C)[C@@H](OC(=O)CC(C)(C)C(=O)O)CC[C@@]54C)[C@]3(C)CC[C@@]2([C@@H](CNCc2ccc(Cl)cc2)OC(=O)CC(C)(C)C(=O)O)CC1=O. The van der Waals surface area contributed by atoms with Gasteiger partial charge in [0.2, 0.25) is 0 Å². The van der Waals surface area contributed by atoms with E-state index >= 15 is 0 Å². The van der Waals surface area contributed by atoms with E-state index in [1.165, 1.54) is 13.8 Å². The van der Waals surface area contributed by atoms with Gasteiger partial charge in [0.15, 0.2) is 5.78 Å². The number of nitrogens with one attached hydrogen (secondary N) is 1. The van der Waals surface area contributed by atoms with E-state index in [-0.39, 0.29) is 71.7 Å². The second-order valence-corrected chi connectivity index (χ2v) is 23.3. The molecule has 0 spiro atoms. The summed E-state index contributed by atoms with van der Waals surface area (Å²) < 4.78 is 12.7. The summed E-state index contributed by atoms with van der Waals surface area (Å²) in [4.78, 5) is 65.7. The van der Waals surface area contributed by atoms with Crippen LogP contribution in [0.4, 0.5) is 0 Å². The first kappa shape index (κ1) is 48.2. The number of ether oxygens (including phenoxy) is 2. The molecule has 0 heterocycles. The average molecular weight is 882 g/mol. The van der Waals surface area contributed by atoms with Crippen molar-refractivity contribution in [2.75, 3.05) is 6.54 Å². The molecule has 344 valence electrons. The molecule has 0 radical (unpaired) electrons. The Morgan fingerprint density at radius 1 is 0.839 bits per heavy atom. The fourth-order valence-electron chi connectivity index (χ4n) is 13.9. The third kappa shape index (κ3) is 7.65. The maximum Gasteiger partial charge on any atom is 0.309 e. The van der Waals surface area contributed by atoms with Gasteiger partial charge in [-0.15, -0.1) is 0 Å². The van der Waals surface area contributed by atoms with E-state index in [0.29, 0.717) is 24.4 Å². The van der Waals surface area contributed by atoms with Crippen LogP contribution >= 0.6 is 11.6 Å². The zero-order valence-corrected chi connectivity index (χ0v) is 39.9. The van der Waals surface area contributed by atoms with Gasteiger partial charge in [-0.3, -0.25) is 24.0 Å². The predicted molar refractivity (Wildman–Crippen MR) is 238 cm³/mol. The van der Waals surface area contributed by atoms with Crippen LogP contribution in [-0.2, 0) is 40.0 Å². The van der Waals surface area contributed by atoms with Crippen LogP contribution in [-0.4, -0.2) is 64.2 Å². The van der Waals surface area contributed by atoms with Crippen LogP contribution in [0, 0.1) is 55.7 Å². The summed E-state index contributed by atoms with van der Waals surface area (Å²) in [6, 6.07) is 7.55. The third-order valence-electron chi connectivity index (χ3n) is 17.9. The largest absolute Gasteiger partial charge is 0.481 e. The van der Waals surface area contributed by atoms with E-state index in [9.17, 15) is 34.2 Å². The Labute approximate surface area is 374 Å². The molecule has 12 heteroatoms. The lowest BCUT2D eigenvalue weighted by molar-refractivity contribution is -0.245. The number of nitrogens with two attached hydrogens (primary N) is 1. The van der Waals surface area contributed by atoms with Gasteiger partial charge >= 0.3 is 23.9 Å². The summed E-state index contributed by atoms with van der Waals surface area (Å²) in [5.41, 5.74) is 5.73. The van der Waals surface area contributed by atoms with Crippen molar-refractivity contribution in [1.29, 1.82) is 0 Å². The molecule has 62 heavy (non-hydrogen) atoms. The average Bonchev–Trinajstić information content (AvgIpc) is 3.47. The molecule has 1 aromatic carbocycles. The van der Waals surface area contributed by atoms with Gasteiger partial charge < -0.3 is 30.7 Å². The van der Waals surface area contributed by atoms with Gasteiger partial charge in [-0.05, 0) is 142 Å². The van der Waals surface area contributed by atoms with E-state index < -0.39 is 57.2 Å². The van der Waals surface area contributed by atoms with Crippen LogP contribution in [0.15, 0.2) is 35.4 Å². The zero-order chi connectivity index (χ0) is 46.2. The fraction of sp³-hybridized carbons (Fsp3) is 0.740. The minimum Gasteiger partial charge on any atom is -0.481 e. The lowest BCUT2D eigenvalue weighted by Crippen LogP contribution is -2.78. The normalized spacial score (nSPS) is 34.7. The van der Waals surface area contributed by atoms with Gasteiger partial charge in [0.1, 0.15) is 12.2 Å². The molecule has 0 aromatic heterocycles. The standard InChI is InChI=1S/C50H73ClN2O9/c1-29(2)39-33(54)24-49(36(62-38(56)26-44(5,6)42(59)60)28-53-27-30-12-14-31(51)15-13-30)23-22-46(9)32(40(39)49)16-21-50(52)47(10)19-18-35(61-37(55)25-43(3,4)41(57)58)45(7,8)34(47)17-20-48(46,50)11/h12-15,29,32,34-36,53H,16-28,52H2,1-11H3,(H,57,58)(H,59,60)/t32-,34?,35+,36-,46-,47+,48+,49+,50+/m1/s1. The summed E-state index contributed by atoms with van der Waals surface area (Å²) in [7, 11) is 0. The number of hydrogen-bond donors (Lipinski definition) is 4. The summed E-state index contributed by atoms with van der Waals surface area (Å²) in [5.74, 6) is -3.04. The van der Waals surface area contributed by atoms with E-state index in [0.717, 1.165) is 55.2 Å². The summed E-state index contributed by atoms with van der Waals surface area (Å²) in [6.45, 7) is 22.6. The fourth-order valence-corrected chi connectivity index (χ4v) is 14.0. The van der Waals surface area contributed by atoms with Gasteiger partial charge in [0, 0.05) is 40.9 Å². The van der Waals surface area contributed by atoms with Gasteiger partial charge in [0.25, 0.3) is 0 Å². The Hall–Kier alpha value is -3.28. The number of rotatable bonds is 14. The molecule has 6 rings (SSSR count). The number of Topliss-reactive ketones (excluding diaryl/α,β-unsaturated/α-hetero) is 1. The molecule has 5 N–H and O–H groups in total. The molecule has 5 aliphatic rings. The third-order valence-corrected chi connectivity index (χ3v) is 18.2. The van der Waals surface area contributed by atoms with Crippen molar-refractivity contribution in [1.82, 2.24) is 5.32 Å². The van der Waals surface area contributed by atoms with Crippen molar-refractivity contribution in [3.05, 3.63) is 46.0 Å². The van der Waals surface area contributed by atoms with Crippen molar-refractivity contribution < 1.29 is 43.7 Å². The van der Waals surface area contributed by atoms with Gasteiger partial charge in [-0.1, -0.05) is 72.2 Å². The number of aliphatic carboxylic acids is 2. The molecule has 4 saturated carbocycles. The molecule has 9 atom stereocenters. The number of hydrogen-bond acceptors (Lipinski definition) is 9. The van der Waals surface area contributed by atoms with Crippen molar-refractivity contribution in [2.24, 2.45) is 61.4 Å². The van der Waals surface area contributed by atoms with Crippen molar-refractivity contribution in [3.8, 4) is 0 Å². The first-order chi connectivity index (χ1) is 28.5. The minimum atomic E-state index is -1.33. The maximum absolute atomic E-state index is 14.6. The molecular formula is C50H73ClN2O9. The summed E-state index contributed by atoms with van der Waals surface area (Å²) >= 11 is 6.18. The number of esters is 2. The monoisotopic (exact) mass is 881 g/mol. The molecule has 11 nitrogen and oxygen atoms in total. The molecule has 0 saturated heterocycles. The number of allylic oxidation sites excluding steroid dienone is 1. The number of carbonyl (C=O) groups excluding carboxylic acids is 3. The molecule has 0 aliphatic heterocycles. The first-order valence-corrected chi connectivity index (χ1v) is 23.3. The lowest BCUT2D eigenvalue weighted by atomic mass is 9.30. The minimum absolute atomic E-state index is 0.00209. The Balaban J connectivity index is 1.35. The molecular weight excluding hydrogens is 808 g/mol. The topological polar surface area (TPSA) is 182 Å². The van der Waals surface area contributed by atoms with Crippen LogP contribution in [0.3, 0.4) is 0 Å². The molecule has 5 aliphatic carbocycles. The van der Waals surface area contributed by atoms with E-state index in [4.69, 9.17) is 26.8 Å². The van der Waals surface area contributed by atoms with E-state index in [1.807, 2.05) is 24.3 Å². The Morgan fingerprint density at radius 2 is 1.44 bits per heavy atom. The Kier molecular flexibility index (Phi) is 12.7. The quantitative estimate of drug-likeness (QED) is 0.131. The number of benzene rings is 1. The van der Waals surface area contributed by atoms with Crippen LogP contribution in [0.2, 0.25) is 5.02 Å². The molecule has 1 unspecified atom stereocenters. The molecule has 1 aromatic rings. The Bertz CT molecular complexity index is 2010. The number of ketones is 1. The summed E-state index contributed by atoms with van der Waals surface area (Å²) in [5, 5.41) is 23.8. The number of halogens is 1. The highest BCUT2D eigenvalue weighted by molar-refractivity contribution is 6.30. The van der Waals surface area contributed by atoms with Gasteiger partial charge in [-0.25, -0.2) is 0 Å². The van der Waals surface area contributed by atoms with E-state index in [1.54, 1.807) is 13.8 Å². The Morgan fingerprint density at radius 3 is 2.02 bits per heavy atom. The molecule has 0 amide bonds. The first-order valence-electron chi connectivity index (χ1n) is 22.9. The number of fused-ring (bicyclic) bond motifs is 7.